The Labute approximate surface area is 153 Å². The number of methoxy groups -OCH3 is 1. The molecule has 0 aliphatic heterocycles. The molecule has 0 unspecified atom stereocenters. The fraction of sp³-hybridized carbons (Fsp3) is 0.500. The molecule has 0 spiro atoms. The number of benzene rings is 2. The van der Waals surface area contributed by atoms with Crippen LogP contribution in [0, 0.1) is 0 Å². The van der Waals surface area contributed by atoms with Gasteiger partial charge in [-0.1, -0.05) is 53.5 Å². The van der Waals surface area contributed by atoms with Crippen LogP contribution >= 0.6 is 15.9 Å². The smallest absolute Gasteiger partial charge is 0.169 e. The van der Waals surface area contributed by atoms with E-state index in [-0.39, 0.29) is 0 Å². The van der Waals surface area contributed by atoms with Gasteiger partial charge in [0.1, 0.15) is 5.75 Å². The molecule has 0 fully saturated rings. The van der Waals surface area contributed by atoms with Gasteiger partial charge in [-0.05, 0) is 25.7 Å². The molecule has 24 heavy (non-hydrogen) atoms. The number of alkyl halides is 1. The summed E-state index contributed by atoms with van der Waals surface area (Å²) in [6, 6.07) is 10.1. The normalized spacial score (nSPS) is 10.8. The molecule has 2 rings (SSSR count). The second-order valence-corrected chi connectivity index (χ2v) is 6.54. The first-order valence-electron chi connectivity index (χ1n) is 8.73. The lowest BCUT2D eigenvalue weighted by atomic mass is 10.1. The summed E-state index contributed by atoms with van der Waals surface area (Å²) < 4.78 is 17.6. The van der Waals surface area contributed by atoms with Crippen LogP contribution in [0.25, 0.3) is 10.8 Å². The highest BCUT2D eigenvalue weighted by Gasteiger charge is 2.14. The number of fused-ring (bicyclic) bond motifs is 1. The summed E-state index contributed by atoms with van der Waals surface area (Å²) in [7, 11) is 1.68. The molecule has 0 aromatic heterocycles. The average Bonchev–Trinajstić information content (AvgIpc) is 2.62. The Hall–Kier alpha value is -1.42. The summed E-state index contributed by atoms with van der Waals surface area (Å²) >= 11 is 3.46. The summed E-state index contributed by atoms with van der Waals surface area (Å²) in [6.07, 6.45) is 5.53. The molecule has 0 N–H and O–H groups in total. The number of unbranched alkanes of at least 4 members (excludes halogenated alkanes) is 3. The first kappa shape index (κ1) is 18.9. The molecule has 0 radical (unpaired) electrons. The number of halogens is 1. The van der Waals surface area contributed by atoms with Crippen LogP contribution in [0.3, 0.4) is 0 Å². The Kier molecular flexibility index (Phi) is 8.23. The van der Waals surface area contributed by atoms with Crippen molar-refractivity contribution in [1.29, 1.82) is 0 Å². The minimum atomic E-state index is 0.698. The van der Waals surface area contributed by atoms with Crippen molar-refractivity contribution < 1.29 is 14.2 Å². The molecule has 0 atom stereocenters. The lowest BCUT2D eigenvalue weighted by Gasteiger charge is -2.17. The molecule has 0 heterocycles. The predicted molar refractivity (Wildman–Crippen MR) is 104 cm³/mol. The van der Waals surface area contributed by atoms with E-state index in [0.29, 0.717) is 6.61 Å². The van der Waals surface area contributed by atoms with E-state index in [1.165, 1.54) is 12.8 Å². The Morgan fingerprint density at radius 3 is 2.33 bits per heavy atom. The highest BCUT2D eigenvalue weighted by atomic mass is 79.9. The molecular formula is C20H27BrO3. The Morgan fingerprint density at radius 2 is 1.62 bits per heavy atom. The van der Waals surface area contributed by atoms with Gasteiger partial charge < -0.3 is 14.2 Å². The number of hydrogen-bond acceptors (Lipinski definition) is 3. The molecule has 3 nitrogen and oxygen atoms in total. The zero-order valence-electron chi connectivity index (χ0n) is 14.6. The maximum atomic E-state index is 6.04. The van der Waals surface area contributed by atoms with Crippen LogP contribution < -0.4 is 14.2 Å². The van der Waals surface area contributed by atoms with Gasteiger partial charge >= 0.3 is 0 Å². The van der Waals surface area contributed by atoms with Gasteiger partial charge in [0.2, 0.25) is 0 Å². The molecule has 132 valence electrons. The molecule has 2 aromatic carbocycles. The molecule has 0 aliphatic carbocycles. The van der Waals surface area contributed by atoms with Crippen molar-refractivity contribution in [3.8, 4) is 17.2 Å². The second-order valence-electron chi connectivity index (χ2n) is 5.75. The third-order valence-electron chi connectivity index (χ3n) is 3.92. The maximum Gasteiger partial charge on any atom is 0.169 e. The summed E-state index contributed by atoms with van der Waals surface area (Å²) in [5.41, 5.74) is 0. The number of ether oxygens (including phenoxy) is 3. The van der Waals surface area contributed by atoms with Gasteiger partial charge in [-0.25, -0.2) is 0 Å². The van der Waals surface area contributed by atoms with Crippen LogP contribution in [0.15, 0.2) is 30.3 Å². The van der Waals surface area contributed by atoms with Crippen molar-refractivity contribution >= 4 is 26.7 Å². The van der Waals surface area contributed by atoms with Crippen molar-refractivity contribution in [1.82, 2.24) is 0 Å². The zero-order valence-corrected chi connectivity index (χ0v) is 16.2. The lowest BCUT2D eigenvalue weighted by Crippen LogP contribution is -2.02. The van der Waals surface area contributed by atoms with Gasteiger partial charge in [0.15, 0.2) is 11.5 Å². The highest BCUT2D eigenvalue weighted by Crippen LogP contribution is 2.41. The van der Waals surface area contributed by atoms with Crippen LogP contribution in [0.1, 0.15) is 39.0 Å². The van der Waals surface area contributed by atoms with Crippen molar-refractivity contribution in [3.63, 3.8) is 0 Å². The molecule has 0 aliphatic rings. The van der Waals surface area contributed by atoms with Crippen molar-refractivity contribution in [2.24, 2.45) is 0 Å². The van der Waals surface area contributed by atoms with Gasteiger partial charge in [-0.3, -0.25) is 0 Å². The quantitative estimate of drug-likeness (QED) is 0.347. The zero-order chi connectivity index (χ0) is 17.2. The minimum Gasteiger partial charge on any atom is -0.493 e. The second kappa shape index (κ2) is 10.4. The Morgan fingerprint density at radius 1 is 0.875 bits per heavy atom. The molecule has 2 aromatic rings. The van der Waals surface area contributed by atoms with E-state index in [9.17, 15) is 0 Å². The number of rotatable bonds is 11. The SMILES string of the molecule is CCCCOc1c(OC)cc(OCCCCCBr)c2ccccc12. The summed E-state index contributed by atoms with van der Waals surface area (Å²) in [5, 5.41) is 3.17. The van der Waals surface area contributed by atoms with Gasteiger partial charge in [0.25, 0.3) is 0 Å². The fourth-order valence-electron chi connectivity index (χ4n) is 2.59. The first-order valence-corrected chi connectivity index (χ1v) is 9.85. The van der Waals surface area contributed by atoms with Crippen LogP contribution in [0.4, 0.5) is 0 Å². The van der Waals surface area contributed by atoms with Crippen LogP contribution in [0.5, 0.6) is 17.2 Å². The first-order chi connectivity index (χ1) is 11.8. The van der Waals surface area contributed by atoms with Crippen molar-refractivity contribution in [3.05, 3.63) is 30.3 Å². The molecule has 4 heteroatoms. The van der Waals surface area contributed by atoms with Gasteiger partial charge in [0, 0.05) is 22.2 Å². The van der Waals surface area contributed by atoms with Crippen LogP contribution in [0.2, 0.25) is 0 Å². The average molecular weight is 395 g/mol. The Bertz CT molecular complexity index is 628. The summed E-state index contributed by atoms with van der Waals surface area (Å²) in [4.78, 5) is 0. The van der Waals surface area contributed by atoms with E-state index >= 15 is 0 Å². The monoisotopic (exact) mass is 394 g/mol. The van der Waals surface area contributed by atoms with Crippen LogP contribution in [-0.4, -0.2) is 25.7 Å². The largest absolute Gasteiger partial charge is 0.493 e. The summed E-state index contributed by atoms with van der Waals surface area (Å²) in [6.45, 7) is 3.57. The van der Waals surface area contributed by atoms with E-state index < -0.39 is 0 Å². The van der Waals surface area contributed by atoms with Gasteiger partial charge in [-0.15, -0.1) is 0 Å². The minimum absolute atomic E-state index is 0.698. The molecule has 0 amide bonds. The van der Waals surface area contributed by atoms with E-state index in [1.807, 2.05) is 18.2 Å². The third-order valence-corrected chi connectivity index (χ3v) is 4.48. The van der Waals surface area contributed by atoms with Gasteiger partial charge in [-0.2, -0.15) is 0 Å². The highest BCUT2D eigenvalue weighted by molar-refractivity contribution is 9.09. The standard InChI is InChI=1S/C20H27BrO3/c1-3-4-13-24-20-17-11-7-6-10-16(17)18(15-19(20)22-2)23-14-9-5-8-12-21/h6-7,10-11,15H,3-5,8-9,12-14H2,1-2H3. The maximum absolute atomic E-state index is 6.04. The molecule has 0 bridgehead atoms. The van der Waals surface area contributed by atoms with Gasteiger partial charge in [0.05, 0.1) is 20.3 Å². The van der Waals surface area contributed by atoms with Crippen LogP contribution in [-0.2, 0) is 0 Å². The van der Waals surface area contributed by atoms with E-state index in [0.717, 1.165) is 59.2 Å². The molecule has 0 saturated heterocycles. The topological polar surface area (TPSA) is 27.7 Å². The third kappa shape index (κ3) is 5.04. The lowest BCUT2D eigenvalue weighted by molar-refractivity contribution is 0.286. The van der Waals surface area contributed by atoms with Crippen molar-refractivity contribution in [2.45, 2.75) is 39.0 Å². The predicted octanol–water partition coefficient (Wildman–Crippen LogP) is 5.97. The molecular weight excluding hydrogens is 368 g/mol. The van der Waals surface area contributed by atoms with E-state index in [1.54, 1.807) is 7.11 Å². The van der Waals surface area contributed by atoms with E-state index in [2.05, 4.69) is 35.0 Å². The summed E-state index contributed by atoms with van der Waals surface area (Å²) in [5.74, 6) is 2.41. The van der Waals surface area contributed by atoms with Crippen molar-refractivity contribution in [2.75, 3.05) is 25.7 Å². The number of hydrogen-bond donors (Lipinski definition) is 0. The Balaban J connectivity index is 2.23. The molecule has 0 saturated carbocycles. The van der Waals surface area contributed by atoms with E-state index in [4.69, 9.17) is 14.2 Å². The fourth-order valence-corrected chi connectivity index (χ4v) is 2.98.